The maximum absolute atomic E-state index is 12.6. The van der Waals surface area contributed by atoms with Crippen LogP contribution in [0.3, 0.4) is 0 Å². The van der Waals surface area contributed by atoms with E-state index in [1.807, 2.05) is 51.2 Å². The van der Waals surface area contributed by atoms with Crippen LogP contribution in [0.2, 0.25) is 0 Å². The number of carboxylic acids is 1. The molecule has 0 radical (unpaired) electrons. The van der Waals surface area contributed by atoms with Gasteiger partial charge in [0, 0.05) is 12.0 Å². The van der Waals surface area contributed by atoms with Crippen LogP contribution in [0, 0.1) is 0 Å². The molecule has 1 heterocycles. The van der Waals surface area contributed by atoms with Crippen molar-refractivity contribution in [3.05, 3.63) is 89.0 Å². The average Bonchev–Trinajstić information content (AvgIpc) is 2.90. The van der Waals surface area contributed by atoms with Gasteiger partial charge in [-0.3, -0.25) is 0 Å². The highest BCUT2D eigenvalue weighted by atomic mass is 35.5. The number of nitrogens with one attached hydrogen (secondary N) is 1. The molecule has 1 aliphatic heterocycles. The number of ether oxygens (including phenoxy) is 3. The van der Waals surface area contributed by atoms with Gasteiger partial charge < -0.3 is 24.6 Å². The summed E-state index contributed by atoms with van der Waals surface area (Å²) >= 11 is 0. The van der Waals surface area contributed by atoms with Crippen molar-refractivity contribution < 1.29 is 37.3 Å². The maximum Gasteiger partial charge on any atom is 0.416 e. The molecule has 1 unspecified atom stereocenters. The lowest BCUT2D eigenvalue weighted by Crippen LogP contribution is -2.32. The van der Waals surface area contributed by atoms with E-state index in [-0.39, 0.29) is 29.7 Å². The van der Waals surface area contributed by atoms with Gasteiger partial charge in [-0.15, -0.1) is 12.4 Å². The molecule has 3 aromatic carbocycles. The van der Waals surface area contributed by atoms with Crippen LogP contribution in [0.5, 0.6) is 17.2 Å². The first kappa shape index (κ1) is 32.8. The van der Waals surface area contributed by atoms with E-state index in [2.05, 4.69) is 5.32 Å². The maximum atomic E-state index is 12.6. The first-order chi connectivity index (χ1) is 18.4. The van der Waals surface area contributed by atoms with Crippen molar-refractivity contribution in [1.82, 2.24) is 5.32 Å². The smallest absolute Gasteiger partial charge is 0.416 e. The van der Waals surface area contributed by atoms with Crippen molar-refractivity contribution in [2.45, 2.75) is 51.0 Å². The van der Waals surface area contributed by atoms with Crippen molar-refractivity contribution in [1.29, 1.82) is 0 Å². The molecule has 6 nitrogen and oxygen atoms in total. The number of aromatic carboxylic acids is 1. The fourth-order valence-corrected chi connectivity index (χ4v) is 4.24. The molecule has 4 rings (SSSR count). The standard InChI is InChI=1S/C17H18F3NO.C13H16O4.ClH/c1-21-12-11-16(13-5-3-2-4-6-13)22-15-9-7-14(8-10-15)17(18,19)20;1-13(2)7-6-8-10(17-13)5-4-9(12(14)15)11(8)16-3;/h2-10,16,21H,11-12H2,1H3;4-5H,6-7H2,1-3H3,(H,14,15);1H. The minimum Gasteiger partial charge on any atom is -0.495 e. The molecule has 0 aliphatic carbocycles. The summed E-state index contributed by atoms with van der Waals surface area (Å²) in [4.78, 5) is 11.1. The number of hydrogen-bond donors (Lipinski definition) is 2. The van der Waals surface area contributed by atoms with E-state index in [1.165, 1.54) is 25.3 Å². The second-order valence-electron chi connectivity index (χ2n) is 9.72. The SMILES string of the molecule is CNCCC(Oc1ccc(C(F)(F)F)cc1)c1ccccc1.COc1c(C(=O)O)ccc2c1CCC(C)(C)O2.Cl. The van der Waals surface area contributed by atoms with Crippen molar-refractivity contribution in [2.75, 3.05) is 20.7 Å². The summed E-state index contributed by atoms with van der Waals surface area (Å²) in [5.74, 6) is 0.598. The lowest BCUT2D eigenvalue weighted by atomic mass is 9.92. The summed E-state index contributed by atoms with van der Waals surface area (Å²) in [6.45, 7) is 4.79. The number of alkyl halides is 3. The molecule has 1 aliphatic rings. The quantitative estimate of drug-likeness (QED) is 0.289. The fraction of sp³-hybridized carbons (Fsp3) is 0.367. The largest absolute Gasteiger partial charge is 0.495 e. The predicted octanol–water partition coefficient (Wildman–Crippen LogP) is 7.35. The van der Waals surface area contributed by atoms with Crippen LogP contribution in [-0.2, 0) is 12.6 Å². The molecular formula is C30H35ClF3NO5. The molecule has 2 N–H and O–H groups in total. The number of methoxy groups -OCH3 is 1. The van der Waals surface area contributed by atoms with Crippen LogP contribution < -0.4 is 19.5 Å². The lowest BCUT2D eigenvalue weighted by molar-refractivity contribution is -0.137. The number of carboxylic acid groups (broad SMARTS) is 1. The van der Waals surface area contributed by atoms with E-state index in [1.54, 1.807) is 6.07 Å². The van der Waals surface area contributed by atoms with Gasteiger partial charge in [0.1, 0.15) is 34.5 Å². The Labute approximate surface area is 238 Å². The number of hydrogen-bond acceptors (Lipinski definition) is 5. The number of benzene rings is 3. The summed E-state index contributed by atoms with van der Waals surface area (Å²) in [5, 5.41) is 12.1. The van der Waals surface area contributed by atoms with Gasteiger partial charge in [-0.1, -0.05) is 30.3 Å². The van der Waals surface area contributed by atoms with Crippen molar-refractivity contribution in [2.24, 2.45) is 0 Å². The van der Waals surface area contributed by atoms with Gasteiger partial charge >= 0.3 is 12.1 Å². The Morgan fingerprint density at radius 3 is 2.27 bits per heavy atom. The molecule has 0 saturated heterocycles. The lowest BCUT2D eigenvalue weighted by Gasteiger charge is -2.33. The number of carbonyl (C=O) groups is 1. The number of halogens is 4. The highest BCUT2D eigenvalue weighted by Crippen LogP contribution is 2.40. The fourth-order valence-electron chi connectivity index (χ4n) is 4.24. The predicted molar refractivity (Wildman–Crippen MR) is 150 cm³/mol. The summed E-state index contributed by atoms with van der Waals surface area (Å²) < 4.78 is 54.6. The zero-order chi connectivity index (χ0) is 28.6. The normalized spacial score (nSPS) is 14.3. The molecule has 10 heteroatoms. The topological polar surface area (TPSA) is 77.0 Å². The van der Waals surface area contributed by atoms with Gasteiger partial charge in [0.25, 0.3) is 0 Å². The molecule has 0 saturated carbocycles. The van der Waals surface area contributed by atoms with Crippen LogP contribution >= 0.6 is 12.4 Å². The molecule has 0 spiro atoms. The van der Waals surface area contributed by atoms with Crippen LogP contribution in [0.15, 0.2) is 66.7 Å². The van der Waals surface area contributed by atoms with Gasteiger partial charge in [-0.2, -0.15) is 13.2 Å². The second kappa shape index (κ2) is 14.3. The van der Waals surface area contributed by atoms with Gasteiger partial charge in [-0.05, 0) is 82.2 Å². The Morgan fingerprint density at radius 1 is 1.07 bits per heavy atom. The molecule has 0 fully saturated rings. The van der Waals surface area contributed by atoms with Crippen LogP contribution in [0.1, 0.15) is 59.8 Å². The van der Waals surface area contributed by atoms with E-state index in [9.17, 15) is 18.0 Å². The van der Waals surface area contributed by atoms with Gasteiger partial charge in [0.05, 0.1) is 12.7 Å². The third kappa shape index (κ3) is 8.79. The summed E-state index contributed by atoms with van der Waals surface area (Å²) in [7, 11) is 3.34. The van der Waals surface area contributed by atoms with Crippen LogP contribution in [0.25, 0.3) is 0 Å². The molecule has 40 heavy (non-hydrogen) atoms. The third-order valence-corrected chi connectivity index (χ3v) is 6.30. The first-order valence-electron chi connectivity index (χ1n) is 12.6. The molecule has 0 bridgehead atoms. The van der Waals surface area contributed by atoms with Crippen molar-refractivity contribution in [3.63, 3.8) is 0 Å². The zero-order valence-electron chi connectivity index (χ0n) is 22.9. The second-order valence-corrected chi connectivity index (χ2v) is 9.72. The van der Waals surface area contributed by atoms with Gasteiger partial charge in [-0.25, -0.2) is 4.79 Å². The minimum absolute atomic E-state index is 0. The monoisotopic (exact) mass is 581 g/mol. The van der Waals surface area contributed by atoms with Crippen molar-refractivity contribution >= 4 is 18.4 Å². The Bertz CT molecular complexity index is 1230. The molecule has 3 aromatic rings. The third-order valence-electron chi connectivity index (χ3n) is 6.30. The van der Waals surface area contributed by atoms with Crippen LogP contribution in [0.4, 0.5) is 13.2 Å². The molecule has 0 amide bonds. The average molecular weight is 582 g/mol. The molecule has 1 atom stereocenters. The van der Waals surface area contributed by atoms with E-state index in [0.717, 1.165) is 54.8 Å². The molecular weight excluding hydrogens is 547 g/mol. The van der Waals surface area contributed by atoms with Crippen molar-refractivity contribution in [3.8, 4) is 17.2 Å². The Kier molecular flexibility index (Phi) is 11.7. The highest BCUT2D eigenvalue weighted by Gasteiger charge is 2.31. The summed E-state index contributed by atoms with van der Waals surface area (Å²) in [5.41, 5.74) is 1.16. The molecule has 0 aromatic heterocycles. The van der Waals surface area contributed by atoms with E-state index in [4.69, 9.17) is 19.3 Å². The van der Waals surface area contributed by atoms with E-state index >= 15 is 0 Å². The zero-order valence-corrected chi connectivity index (χ0v) is 23.7. The Balaban J connectivity index is 0.000000282. The Hall–Kier alpha value is -3.43. The first-order valence-corrected chi connectivity index (χ1v) is 12.6. The minimum atomic E-state index is -4.33. The van der Waals surface area contributed by atoms with E-state index in [0.29, 0.717) is 11.5 Å². The van der Waals surface area contributed by atoms with E-state index < -0.39 is 17.7 Å². The number of fused-ring (bicyclic) bond motifs is 1. The van der Waals surface area contributed by atoms with Gasteiger partial charge in [0.2, 0.25) is 0 Å². The highest BCUT2D eigenvalue weighted by molar-refractivity contribution is 5.92. The Morgan fingerprint density at radius 2 is 1.73 bits per heavy atom. The van der Waals surface area contributed by atoms with Gasteiger partial charge in [0.15, 0.2) is 0 Å². The summed E-state index contributed by atoms with van der Waals surface area (Å²) in [6, 6.07) is 17.7. The number of rotatable bonds is 8. The van der Waals surface area contributed by atoms with Crippen LogP contribution in [-0.4, -0.2) is 37.4 Å². The molecule has 218 valence electrons. The summed E-state index contributed by atoms with van der Waals surface area (Å²) in [6.07, 6.45) is -2.19.